The highest BCUT2D eigenvalue weighted by atomic mass is 79.9. The van der Waals surface area contributed by atoms with Crippen molar-refractivity contribution >= 4 is 50.6 Å². The van der Waals surface area contributed by atoms with Gasteiger partial charge in [0, 0.05) is 10.9 Å². The van der Waals surface area contributed by atoms with Crippen LogP contribution in [0.5, 0.6) is 11.5 Å². The molecule has 1 N–H and O–H groups in total. The number of ether oxygens (including phenoxy) is 2. The fourth-order valence-electron chi connectivity index (χ4n) is 3.84. The highest BCUT2D eigenvalue weighted by molar-refractivity contribution is 9.10. The number of carboxylic acids is 1. The molecule has 0 saturated heterocycles. The van der Waals surface area contributed by atoms with Gasteiger partial charge in [-0.05, 0) is 60.0 Å². The van der Waals surface area contributed by atoms with Crippen molar-refractivity contribution in [3.05, 3.63) is 97.0 Å². The SMILES string of the molecule is CCCCc1nc2ccc(Br)cc2c(=O)n1N=Cc1cc(Cl)c(OCc2cccc(C(=O)O)c2)c(OC)c1. The summed E-state index contributed by atoms with van der Waals surface area (Å²) in [5, 5.41) is 14.4. The van der Waals surface area contributed by atoms with E-state index in [0.717, 1.165) is 17.3 Å². The third-order valence-electron chi connectivity index (χ3n) is 5.76. The molecule has 0 spiro atoms. The van der Waals surface area contributed by atoms with Crippen LogP contribution in [0.25, 0.3) is 10.9 Å². The largest absolute Gasteiger partial charge is 0.493 e. The van der Waals surface area contributed by atoms with E-state index in [2.05, 4.69) is 32.9 Å². The number of unbranched alkanes of at least 4 members (excludes halogenated alkanes) is 1. The molecule has 196 valence electrons. The van der Waals surface area contributed by atoms with Gasteiger partial charge in [0.05, 0.1) is 34.8 Å². The van der Waals surface area contributed by atoms with Gasteiger partial charge in [0.15, 0.2) is 11.5 Å². The summed E-state index contributed by atoms with van der Waals surface area (Å²) in [4.78, 5) is 29.2. The second kappa shape index (κ2) is 12.2. The number of benzene rings is 3. The Morgan fingerprint density at radius 1 is 1.21 bits per heavy atom. The summed E-state index contributed by atoms with van der Waals surface area (Å²) in [7, 11) is 1.49. The Balaban J connectivity index is 1.65. The molecule has 8 nitrogen and oxygen atoms in total. The summed E-state index contributed by atoms with van der Waals surface area (Å²) in [5.41, 5.74) is 1.79. The molecule has 0 amide bonds. The number of nitrogens with zero attached hydrogens (tertiary/aromatic N) is 3. The Labute approximate surface area is 232 Å². The molecule has 0 saturated carbocycles. The van der Waals surface area contributed by atoms with Crippen LogP contribution < -0.4 is 15.0 Å². The van der Waals surface area contributed by atoms with Gasteiger partial charge < -0.3 is 14.6 Å². The topological polar surface area (TPSA) is 103 Å². The maximum Gasteiger partial charge on any atom is 0.335 e. The van der Waals surface area contributed by atoms with Crippen LogP contribution in [0.2, 0.25) is 5.02 Å². The number of carboxylic acid groups (broad SMARTS) is 1. The van der Waals surface area contributed by atoms with Crippen molar-refractivity contribution in [3.8, 4) is 11.5 Å². The number of hydrogen-bond donors (Lipinski definition) is 1. The summed E-state index contributed by atoms with van der Waals surface area (Å²) < 4.78 is 13.5. The number of aromatic nitrogens is 2. The molecule has 4 rings (SSSR count). The van der Waals surface area contributed by atoms with Crippen LogP contribution in [-0.2, 0) is 13.0 Å². The van der Waals surface area contributed by atoms with E-state index in [1.165, 1.54) is 30.1 Å². The lowest BCUT2D eigenvalue weighted by atomic mass is 10.1. The van der Waals surface area contributed by atoms with Crippen LogP contribution in [0, 0.1) is 0 Å². The first-order valence-electron chi connectivity index (χ1n) is 11.9. The average Bonchev–Trinajstić information content (AvgIpc) is 2.91. The lowest BCUT2D eigenvalue weighted by Gasteiger charge is -2.14. The smallest absolute Gasteiger partial charge is 0.335 e. The zero-order chi connectivity index (χ0) is 27.2. The average molecular weight is 599 g/mol. The fourth-order valence-corrected chi connectivity index (χ4v) is 4.47. The molecule has 0 unspecified atom stereocenters. The summed E-state index contributed by atoms with van der Waals surface area (Å²) >= 11 is 9.94. The number of aromatic carboxylic acids is 1. The van der Waals surface area contributed by atoms with E-state index < -0.39 is 5.97 Å². The standard InChI is InChI=1S/C28H25BrClN3O5/c1-3-4-8-25-32-23-10-9-20(29)14-21(23)27(34)33(25)31-15-18-12-22(30)26(24(13-18)37-2)38-16-17-6-5-7-19(11-17)28(35)36/h5-7,9-15H,3-4,8,16H2,1-2H3,(H,35,36). The molecule has 0 aliphatic heterocycles. The predicted molar refractivity (Wildman–Crippen MR) is 151 cm³/mol. The predicted octanol–water partition coefficient (Wildman–Crippen LogP) is 6.32. The molecule has 10 heteroatoms. The minimum atomic E-state index is -1.02. The third kappa shape index (κ3) is 6.23. The summed E-state index contributed by atoms with van der Waals surface area (Å²) in [6, 6.07) is 15.2. The van der Waals surface area contributed by atoms with E-state index in [1.807, 2.05) is 12.1 Å². The number of methoxy groups -OCH3 is 1. The first-order chi connectivity index (χ1) is 18.3. The van der Waals surface area contributed by atoms with Gasteiger partial charge >= 0.3 is 5.97 Å². The van der Waals surface area contributed by atoms with E-state index in [4.69, 9.17) is 21.1 Å². The second-order valence-electron chi connectivity index (χ2n) is 8.48. The van der Waals surface area contributed by atoms with Crippen molar-refractivity contribution in [2.45, 2.75) is 32.8 Å². The van der Waals surface area contributed by atoms with Crippen molar-refractivity contribution in [2.24, 2.45) is 5.10 Å². The number of aryl methyl sites for hydroxylation is 1. The zero-order valence-corrected chi connectivity index (χ0v) is 23.1. The van der Waals surface area contributed by atoms with E-state index in [1.54, 1.807) is 30.3 Å². The van der Waals surface area contributed by atoms with E-state index in [0.29, 0.717) is 45.8 Å². The van der Waals surface area contributed by atoms with E-state index in [9.17, 15) is 14.7 Å². The van der Waals surface area contributed by atoms with Gasteiger partial charge in [0.25, 0.3) is 5.56 Å². The molecule has 0 fully saturated rings. The Bertz CT molecular complexity index is 1590. The molecule has 0 radical (unpaired) electrons. The highest BCUT2D eigenvalue weighted by Gasteiger charge is 2.14. The second-order valence-corrected chi connectivity index (χ2v) is 9.81. The Kier molecular flexibility index (Phi) is 8.81. The molecule has 0 bridgehead atoms. The minimum Gasteiger partial charge on any atom is -0.493 e. The van der Waals surface area contributed by atoms with Gasteiger partial charge in [-0.2, -0.15) is 9.78 Å². The molecule has 0 aliphatic rings. The summed E-state index contributed by atoms with van der Waals surface area (Å²) in [5.74, 6) is 0.236. The van der Waals surface area contributed by atoms with Crippen LogP contribution in [0.15, 0.2) is 69.0 Å². The summed E-state index contributed by atoms with van der Waals surface area (Å²) in [6.07, 6.45) is 3.95. The quantitative estimate of drug-likeness (QED) is 0.214. The zero-order valence-electron chi connectivity index (χ0n) is 20.8. The van der Waals surface area contributed by atoms with Gasteiger partial charge in [-0.1, -0.05) is 53.0 Å². The molecule has 0 atom stereocenters. The molecule has 3 aromatic carbocycles. The Morgan fingerprint density at radius 3 is 2.76 bits per heavy atom. The highest BCUT2D eigenvalue weighted by Crippen LogP contribution is 2.36. The van der Waals surface area contributed by atoms with Crippen LogP contribution in [-0.4, -0.2) is 34.1 Å². The first-order valence-corrected chi connectivity index (χ1v) is 13.1. The lowest BCUT2D eigenvalue weighted by molar-refractivity contribution is 0.0696. The molecular formula is C28H25BrClN3O5. The van der Waals surface area contributed by atoms with Crippen LogP contribution in [0.3, 0.4) is 0 Å². The maximum absolute atomic E-state index is 13.3. The molecule has 38 heavy (non-hydrogen) atoms. The number of carbonyl (C=O) groups is 1. The fraction of sp³-hybridized carbons (Fsp3) is 0.214. The Hall–Kier alpha value is -3.69. The van der Waals surface area contributed by atoms with E-state index in [-0.39, 0.29) is 22.8 Å². The lowest BCUT2D eigenvalue weighted by Crippen LogP contribution is -2.22. The van der Waals surface area contributed by atoms with Crippen molar-refractivity contribution in [3.63, 3.8) is 0 Å². The monoisotopic (exact) mass is 597 g/mol. The number of halogens is 2. The van der Waals surface area contributed by atoms with Gasteiger partial charge in [0.2, 0.25) is 0 Å². The van der Waals surface area contributed by atoms with Gasteiger partial charge in [-0.25, -0.2) is 9.78 Å². The maximum atomic E-state index is 13.3. The molecular weight excluding hydrogens is 574 g/mol. The van der Waals surface area contributed by atoms with Crippen molar-refractivity contribution in [2.75, 3.05) is 7.11 Å². The minimum absolute atomic E-state index is 0.0964. The van der Waals surface area contributed by atoms with Crippen LogP contribution in [0.1, 0.15) is 47.1 Å². The summed E-state index contributed by atoms with van der Waals surface area (Å²) in [6.45, 7) is 2.17. The van der Waals surface area contributed by atoms with Crippen LogP contribution >= 0.6 is 27.5 Å². The number of fused-ring (bicyclic) bond motifs is 1. The Morgan fingerprint density at radius 2 is 2.03 bits per heavy atom. The third-order valence-corrected chi connectivity index (χ3v) is 6.53. The van der Waals surface area contributed by atoms with Gasteiger partial charge in [-0.3, -0.25) is 4.79 Å². The number of rotatable bonds is 10. The number of hydrogen-bond acceptors (Lipinski definition) is 6. The van der Waals surface area contributed by atoms with Crippen molar-refractivity contribution in [1.29, 1.82) is 0 Å². The van der Waals surface area contributed by atoms with Crippen LogP contribution in [0.4, 0.5) is 0 Å². The molecule has 0 aliphatic carbocycles. The van der Waals surface area contributed by atoms with Crippen molar-refractivity contribution in [1.82, 2.24) is 9.66 Å². The molecule has 1 aromatic heterocycles. The molecule has 4 aromatic rings. The normalized spacial score (nSPS) is 11.3. The first kappa shape index (κ1) is 27.3. The van der Waals surface area contributed by atoms with Gasteiger partial charge in [0.1, 0.15) is 12.4 Å². The van der Waals surface area contributed by atoms with Gasteiger partial charge in [-0.15, -0.1) is 0 Å². The van der Waals surface area contributed by atoms with E-state index >= 15 is 0 Å². The molecule has 1 heterocycles. The van der Waals surface area contributed by atoms with Crippen molar-refractivity contribution < 1.29 is 19.4 Å².